The summed E-state index contributed by atoms with van der Waals surface area (Å²) in [5.41, 5.74) is 2.46. The summed E-state index contributed by atoms with van der Waals surface area (Å²) in [5.74, 6) is 1.02. The van der Waals surface area contributed by atoms with Crippen LogP contribution in [0.1, 0.15) is 76.7 Å². The van der Waals surface area contributed by atoms with Crippen molar-refractivity contribution in [1.29, 1.82) is 0 Å². The van der Waals surface area contributed by atoms with Crippen LogP contribution in [0.5, 0.6) is 0 Å². The lowest BCUT2D eigenvalue weighted by Gasteiger charge is -2.61. The summed E-state index contributed by atoms with van der Waals surface area (Å²) in [6.07, 6.45) is 13.1. The van der Waals surface area contributed by atoms with Gasteiger partial charge in [0, 0.05) is 11.5 Å². The van der Waals surface area contributed by atoms with Crippen LogP contribution in [0.15, 0.2) is 57.3 Å². The van der Waals surface area contributed by atoms with Gasteiger partial charge < -0.3 is 14.4 Å². The Bertz CT molecular complexity index is 988. The first-order chi connectivity index (χ1) is 14.8. The molecule has 0 saturated heterocycles. The number of oxime groups is 1. The van der Waals surface area contributed by atoms with Crippen LogP contribution in [0.4, 0.5) is 0 Å². The van der Waals surface area contributed by atoms with Crippen molar-refractivity contribution >= 4 is 5.71 Å². The summed E-state index contributed by atoms with van der Waals surface area (Å²) in [5, 5.41) is 16.5. The number of rotatable bonds is 3. The molecule has 0 aromatic carbocycles. The molecule has 3 saturated carbocycles. The van der Waals surface area contributed by atoms with E-state index in [0.29, 0.717) is 11.8 Å². The number of nitrogens with zero attached hydrogens (tertiary/aromatic N) is 1. The van der Waals surface area contributed by atoms with Gasteiger partial charge in [0.2, 0.25) is 0 Å². The Hall–Kier alpha value is -2.14. The van der Waals surface area contributed by atoms with E-state index in [4.69, 9.17) is 9.25 Å². The van der Waals surface area contributed by atoms with Gasteiger partial charge in [0.05, 0.1) is 17.6 Å². The average molecular weight is 424 g/mol. The molecule has 1 aromatic heterocycles. The van der Waals surface area contributed by atoms with Gasteiger partial charge in [0.25, 0.3) is 0 Å². The predicted molar refractivity (Wildman–Crippen MR) is 120 cm³/mol. The molecule has 0 radical (unpaired) electrons. The number of fused-ring (bicyclic) bond motifs is 5. The fourth-order valence-electron chi connectivity index (χ4n) is 7.82. The minimum atomic E-state index is -0.675. The third kappa shape index (κ3) is 2.92. The minimum absolute atomic E-state index is 0.116. The van der Waals surface area contributed by atoms with Gasteiger partial charge in [0.1, 0.15) is 6.26 Å². The Kier molecular flexibility index (Phi) is 4.81. The third-order valence-corrected chi connectivity index (χ3v) is 9.53. The zero-order chi connectivity index (χ0) is 21.9. The second kappa shape index (κ2) is 7.19. The SMILES string of the molecule is C=CON=C1C=C2CC[C@@H]3[C@H](CC[C@]4(C)[C@@H](c5ccc(=O)oc5)CC[C@]34O)[C@@]2(C)CC1. The molecule has 1 aromatic rings. The number of hydrogen-bond donors (Lipinski definition) is 1. The molecule has 0 unspecified atom stereocenters. The minimum Gasteiger partial charge on any atom is -0.431 e. The largest absolute Gasteiger partial charge is 0.431 e. The zero-order valence-corrected chi connectivity index (χ0v) is 18.6. The smallest absolute Gasteiger partial charge is 0.335 e. The van der Waals surface area contributed by atoms with Gasteiger partial charge in [-0.15, -0.1) is 0 Å². The standard InChI is InChI=1S/C26H33NO4/c1-4-31-27-19-9-12-24(2)18(15-19)6-7-22-21(24)10-13-25(3)20(11-14-26(22,25)29)17-5-8-23(28)30-16-17/h4-5,8,15-16,20-22,29H,1,6-7,9-14H2,2-3H3/t20-,21+,22-,24+,25-,26+/m1/s1. The Labute approximate surface area is 183 Å². The van der Waals surface area contributed by atoms with Crippen molar-refractivity contribution in [3.8, 4) is 0 Å². The van der Waals surface area contributed by atoms with Crippen molar-refractivity contribution in [2.24, 2.45) is 27.8 Å². The van der Waals surface area contributed by atoms with Gasteiger partial charge in [0.15, 0.2) is 0 Å². The highest BCUT2D eigenvalue weighted by molar-refractivity contribution is 5.96. The van der Waals surface area contributed by atoms with E-state index < -0.39 is 5.60 Å². The molecule has 4 aliphatic rings. The van der Waals surface area contributed by atoms with E-state index in [1.165, 1.54) is 17.9 Å². The first-order valence-electron chi connectivity index (χ1n) is 11.7. The van der Waals surface area contributed by atoms with Crippen LogP contribution >= 0.6 is 0 Å². The quantitative estimate of drug-likeness (QED) is 0.528. The summed E-state index contributed by atoms with van der Waals surface area (Å²) in [6, 6.07) is 3.41. The molecular formula is C26H33NO4. The van der Waals surface area contributed by atoms with E-state index in [1.807, 2.05) is 6.07 Å². The van der Waals surface area contributed by atoms with E-state index >= 15 is 0 Å². The normalized spacial score (nSPS) is 42.9. The number of allylic oxidation sites excluding steroid dienone is 2. The highest BCUT2D eigenvalue weighted by Crippen LogP contribution is 2.69. The molecule has 0 amide bonds. The van der Waals surface area contributed by atoms with Crippen LogP contribution in [-0.4, -0.2) is 16.4 Å². The van der Waals surface area contributed by atoms with Crippen LogP contribution in [0.25, 0.3) is 0 Å². The number of aliphatic hydroxyl groups is 1. The lowest BCUT2D eigenvalue weighted by atomic mass is 9.45. The van der Waals surface area contributed by atoms with Gasteiger partial charge in [-0.3, -0.25) is 0 Å². The van der Waals surface area contributed by atoms with E-state index in [2.05, 4.69) is 31.7 Å². The molecule has 1 heterocycles. The van der Waals surface area contributed by atoms with Crippen molar-refractivity contribution < 1.29 is 14.4 Å². The molecule has 6 atom stereocenters. The van der Waals surface area contributed by atoms with Crippen LogP contribution in [0, 0.1) is 22.7 Å². The van der Waals surface area contributed by atoms with Gasteiger partial charge in [-0.2, -0.15) is 0 Å². The van der Waals surface area contributed by atoms with Gasteiger partial charge in [-0.05, 0) is 92.2 Å². The third-order valence-electron chi connectivity index (χ3n) is 9.53. The molecule has 5 heteroatoms. The lowest BCUT2D eigenvalue weighted by Crippen LogP contribution is -2.60. The van der Waals surface area contributed by atoms with E-state index in [9.17, 15) is 9.90 Å². The monoisotopic (exact) mass is 423 g/mol. The van der Waals surface area contributed by atoms with Crippen LogP contribution in [-0.2, 0) is 4.84 Å². The van der Waals surface area contributed by atoms with Crippen molar-refractivity contribution in [2.75, 3.05) is 0 Å². The van der Waals surface area contributed by atoms with E-state index in [1.54, 1.807) is 6.26 Å². The predicted octanol–water partition coefficient (Wildman–Crippen LogP) is 5.32. The molecule has 4 aliphatic carbocycles. The van der Waals surface area contributed by atoms with Crippen molar-refractivity contribution in [1.82, 2.24) is 0 Å². The first-order valence-corrected chi connectivity index (χ1v) is 11.7. The lowest BCUT2D eigenvalue weighted by molar-refractivity contribution is -0.176. The van der Waals surface area contributed by atoms with Crippen LogP contribution in [0.3, 0.4) is 0 Å². The average Bonchev–Trinajstić information content (AvgIpc) is 3.04. The molecule has 0 aliphatic heterocycles. The van der Waals surface area contributed by atoms with Crippen molar-refractivity contribution in [2.45, 2.75) is 76.7 Å². The molecule has 5 nitrogen and oxygen atoms in total. The Morgan fingerprint density at radius 2 is 2.00 bits per heavy atom. The molecule has 1 N–H and O–H groups in total. The Morgan fingerprint density at radius 3 is 2.74 bits per heavy atom. The molecule has 5 rings (SSSR count). The van der Waals surface area contributed by atoms with Crippen molar-refractivity contribution in [3.05, 3.63) is 58.9 Å². The fraction of sp³-hybridized carbons (Fsp3) is 0.615. The van der Waals surface area contributed by atoms with E-state index in [0.717, 1.165) is 62.6 Å². The highest BCUT2D eigenvalue weighted by atomic mass is 16.6. The summed E-state index contributed by atoms with van der Waals surface area (Å²) in [4.78, 5) is 16.5. The Morgan fingerprint density at radius 1 is 1.16 bits per heavy atom. The second-order valence-corrected chi connectivity index (χ2v) is 10.6. The van der Waals surface area contributed by atoms with Crippen molar-refractivity contribution in [3.63, 3.8) is 0 Å². The van der Waals surface area contributed by atoms with Crippen LogP contribution in [0.2, 0.25) is 0 Å². The highest BCUT2D eigenvalue weighted by Gasteiger charge is 2.66. The second-order valence-electron chi connectivity index (χ2n) is 10.6. The fourth-order valence-corrected chi connectivity index (χ4v) is 7.82. The van der Waals surface area contributed by atoms with Gasteiger partial charge in [-0.25, -0.2) is 4.79 Å². The number of hydrogen-bond acceptors (Lipinski definition) is 5. The van der Waals surface area contributed by atoms with Gasteiger partial charge >= 0.3 is 5.63 Å². The summed E-state index contributed by atoms with van der Waals surface area (Å²) in [7, 11) is 0. The van der Waals surface area contributed by atoms with E-state index in [-0.39, 0.29) is 22.4 Å². The maximum absolute atomic E-state index is 12.3. The maximum Gasteiger partial charge on any atom is 0.335 e. The molecule has 3 fully saturated rings. The maximum atomic E-state index is 12.3. The summed E-state index contributed by atoms with van der Waals surface area (Å²) in [6.45, 7) is 8.26. The molecule has 0 spiro atoms. The molecular weight excluding hydrogens is 390 g/mol. The Balaban J connectivity index is 1.47. The molecule has 31 heavy (non-hydrogen) atoms. The summed E-state index contributed by atoms with van der Waals surface area (Å²) < 4.78 is 5.19. The van der Waals surface area contributed by atoms with Crippen LogP contribution < -0.4 is 5.63 Å². The topological polar surface area (TPSA) is 72.0 Å². The molecule has 0 bridgehead atoms. The zero-order valence-electron chi connectivity index (χ0n) is 18.6. The summed E-state index contributed by atoms with van der Waals surface area (Å²) >= 11 is 0. The first kappa shape index (κ1) is 20.7. The van der Waals surface area contributed by atoms with Gasteiger partial charge in [-0.1, -0.05) is 31.2 Å². The molecule has 166 valence electrons.